The van der Waals surface area contributed by atoms with Crippen molar-refractivity contribution in [3.8, 4) is 11.5 Å². The Balaban J connectivity index is 1.69. The summed E-state index contributed by atoms with van der Waals surface area (Å²) in [4.78, 5) is 25.0. The third-order valence-electron chi connectivity index (χ3n) is 5.67. The number of amides is 1. The van der Waals surface area contributed by atoms with E-state index in [1.807, 2.05) is 37.3 Å². The zero-order valence-corrected chi connectivity index (χ0v) is 20.6. The Kier molecular flexibility index (Phi) is 10.3. The van der Waals surface area contributed by atoms with Crippen LogP contribution in [0, 0.1) is 0 Å². The molecule has 0 aliphatic rings. The average molecular weight is 475 g/mol. The summed E-state index contributed by atoms with van der Waals surface area (Å²) in [7, 11) is 0. The van der Waals surface area contributed by atoms with Gasteiger partial charge < -0.3 is 9.47 Å². The minimum atomic E-state index is -0.481. The van der Waals surface area contributed by atoms with E-state index in [9.17, 15) is 9.59 Å². The third kappa shape index (κ3) is 7.95. The molecule has 0 aliphatic heterocycles. The van der Waals surface area contributed by atoms with E-state index in [1.54, 1.807) is 36.5 Å². The van der Waals surface area contributed by atoms with Crippen LogP contribution >= 0.6 is 0 Å². The maximum Gasteiger partial charge on any atom is 0.343 e. The Morgan fingerprint density at radius 1 is 0.886 bits per heavy atom. The first-order valence-corrected chi connectivity index (χ1v) is 12.4. The molecule has 0 aliphatic carbocycles. The molecule has 1 N–H and O–H groups in total. The van der Waals surface area contributed by atoms with Crippen molar-refractivity contribution in [1.29, 1.82) is 0 Å². The molecule has 6 heteroatoms. The van der Waals surface area contributed by atoms with E-state index >= 15 is 0 Å². The van der Waals surface area contributed by atoms with E-state index in [0.717, 1.165) is 30.0 Å². The van der Waals surface area contributed by atoms with Crippen LogP contribution < -0.4 is 14.9 Å². The molecule has 6 nitrogen and oxygen atoms in total. The first kappa shape index (κ1) is 25.9. The molecule has 35 heavy (non-hydrogen) atoms. The highest BCUT2D eigenvalue weighted by Gasteiger charge is 2.14. The van der Waals surface area contributed by atoms with Crippen molar-refractivity contribution in [3.05, 3.63) is 71.8 Å². The van der Waals surface area contributed by atoms with Crippen molar-refractivity contribution >= 4 is 28.9 Å². The molecular weight excluding hydrogens is 440 g/mol. The summed E-state index contributed by atoms with van der Waals surface area (Å²) >= 11 is 0. The molecule has 0 spiro atoms. The van der Waals surface area contributed by atoms with Crippen LogP contribution in [0.2, 0.25) is 0 Å². The van der Waals surface area contributed by atoms with Crippen LogP contribution in [-0.2, 0) is 4.79 Å². The molecule has 3 rings (SSSR count). The second-order valence-corrected chi connectivity index (χ2v) is 8.36. The van der Waals surface area contributed by atoms with Crippen LogP contribution in [0.3, 0.4) is 0 Å². The summed E-state index contributed by atoms with van der Waals surface area (Å²) in [6.07, 6.45) is 8.71. The van der Waals surface area contributed by atoms with Crippen molar-refractivity contribution in [3.63, 3.8) is 0 Å². The van der Waals surface area contributed by atoms with Crippen LogP contribution in [0.4, 0.5) is 0 Å². The summed E-state index contributed by atoms with van der Waals surface area (Å²) in [5.74, 6) is 0.464. The molecule has 184 valence electrons. The van der Waals surface area contributed by atoms with Gasteiger partial charge in [0.2, 0.25) is 5.91 Å². The number of hydrazone groups is 1. The standard InChI is InChI=1S/C29H34N2O4/c1-3-5-6-7-8-9-14-28(32)31-30-21-26-25-13-11-10-12-22(25)17-20-27(26)35-29(33)23-15-18-24(19-16-23)34-4-2/h10-13,15-21H,3-9,14H2,1-2H3,(H,31,32)/b30-21-. The van der Waals surface area contributed by atoms with Crippen molar-refractivity contribution in [1.82, 2.24) is 5.43 Å². The lowest BCUT2D eigenvalue weighted by molar-refractivity contribution is -0.121. The second kappa shape index (κ2) is 13.9. The van der Waals surface area contributed by atoms with Gasteiger partial charge in [-0.15, -0.1) is 0 Å². The first-order valence-electron chi connectivity index (χ1n) is 12.4. The molecule has 0 radical (unpaired) electrons. The average Bonchev–Trinajstić information content (AvgIpc) is 2.87. The predicted octanol–water partition coefficient (Wildman–Crippen LogP) is 6.66. The number of nitrogens with zero attached hydrogens (tertiary/aromatic N) is 1. The fourth-order valence-corrected chi connectivity index (χ4v) is 3.80. The van der Waals surface area contributed by atoms with E-state index in [1.165, 1.54) is 19.3 Å². The van der Waals surface area contributed by atoms with Gasteiger partial charge in [-0.1, -0.05) is 69.4 Å². The lowest BCUT2D eigenvalue weighted by Crippen LogP contribution is -2.17. The van der Waals surface area contributed by atoms with Crippen molar-refractivity contribution in [2.24, 2.45) is 5.10 Å². The second-order valence-electron chi connectivity index (χ2n) is 8.36. The number of nitrogens with one attached hydrogen (secondary N) is 1. The van der Waals surface area contributed by atoms with Gasteiger partial charge in [-0.05, 0) is 54.4 Å². The summed E-state index contributed by atoms with van der Waals surface area (Å²) < 4.78 is 11.2. The molecule has 0 bridgehead atoms. The van der Waals surface area contributed by atoms with E-state index in [0.29, 0.717) is 35.7 Å². The number of esters is 1. The molecule has 0 fully saturated rings. The van der Waals surface area contributed by atoms with Crippen LogP contribution in [0.25, 0.3) is 10.8 Å². The largest absolute Gasteiger partial charge is 0.494 e. The highest BCUT2D eigenvalue weighted by atomic mass is 16.5. The van der Waals surface area contributed by atoms with Crippen molar-refractivity contribution < 1.29 is 19.1 Å². The summed E-state index contributed by atoms with van der Waals surface area (Å²) in [5, 5.41) is 6.01. The zero-order chi connectivity index (χ0) is 24.9. The molecule has 0 aromatic heterocycles. The van der Waals surface area contributed by atoms with Gasteiger partial charge in [0.1, 0.15) is 11.5 Å². The molecule has 3 aromatic carbocycles. The van der Waals surface area contributed by atoms with Gasteiger partial charge in [0, 0.05) is 12.0 Å². The number of hydrogen-bond acceptors (Lipinski definition) is 5. The lowest BCUT2D eigenvalue weighted by Gasteiger charge is -2.11. The van der Waals surface area contributed by atoms with E-state index in [4.69, 9.17) is 9.47 Å². The van der Waals surface area contributed by atoms with Crippen LogP contribution in [0.5, 0.6) is 11.5 Å². The molecule has 0 saturated carbocycles. The van der Waals surface area contributed by atoms with E-state index in [2.05, 4.69) is 17.5 Å². The molecule has 1 amide bonds. The lowest BCUT2D eigenvalue weighted by atomic mass is 10.0. The van der Waals surface area contributed by atoms with Crippen LogP contribution in [0.15, 0.2) is 65.8 Å². The Bertz CT molecular complexity index is 1140. The minimum absolute atomic E-state index is 0.120. The number of benzene rings is 3. The smallest absolute Gasteiger partial charge is 0.343 e. The van der Waals surface area contributed by atoms with Crippen LogP contribution in [-0.4, -0.2) is 24.7 Å². The normalized spacial score (nSPS) is 11.0. The number of hydrogen-bond donors (Lipinski definition) is 1. The highest BCUT2D eigenvalue weighted by molar-refractivity contribution is 6.04. The van der Waals surface area contributed by atoms with Crippen molar-refractivity contribution in [2.45, 2.75) is 58.8 Å². The number of rotatable bonds is 13. The summed E-state index contributed by atoms with van der Waals surface area (Å²) in [5.41, 5.74) is 3.65. The number of carbonyl (C=O) groups is 2. The fourth-order valence-electron chi connectivity index (χ4n) is 3.80. The number of ether oxygens (including phenoxy) is 2. The van der Waals surface area contributed by atoms with Gasteiger partial charge in [0.05, 0.1) is 18.4 Å². The third-order valence-corrected chi connectivity index (χ3v) is 5.67. The van der Waals surface area contributed by atoms with Crippen molar-refractivity contribution in [2.75, 3.05) is 6.61 Å². The summed E-state index contributed by atoms with van der Waals surface area (Å²) in [6, 6.07) is 18.2. The quantitative estimate of drug-likeness (QED) is 0.0988. The Labute approximate surface area is 207 Å². The summed E-state index contributed by atoms with van der Waals surface area (Å²) in [6.45, 7) is 4.65. The SMILES string of the molecule is CCCCCCCCC(=O)N/N=C\c1c(OC(=O)c2ccc(OCC)cc2)ccc2ccccc12. The predicted molar refractivity (Wildman–Crippen MR) is 140 cm³/mol. The van der Waals surface area contributed by atoms with Gasteiger partial charge in [-0.25, -0.2) is 10.2 Å². The fraction of sp³-hybridized carbons (Fsp3) is 0.345. The van der Waals surface area contributed by atoms with Gasteiger partial charge in [-0.3, -0.25) is 4.79 Å². The maximum absolute atomic E-state index is 12.8. The zero-order valence-electron chi connectivity index (χ0n) is 20.6. The number of carbonyl (C=O) groups excluding carboxylic acids is 2. The Morgan fingerprint density at radius 2 is 1.63 bits per heavy atom. The molecule has 3 aromatic rings. The molecule has 0 heterocycles. The van der Waals surface area contributed by atoms with Gasteiger partial charge in [0.15, 0.2) is 0 Å². The van der Waals surface area contributed by atoms with E-state index < -0.39 is 5.97 Å². The highest BCUT2D eigenvalue weighted by Crippen LogP contribution is 2.27. The number of unbranched alkanes of at least 4 members (excludes halogenated alkanes) is 5. The molecule has 0 atom stereocenters. The monoisotopic (exact) mass is 474 g/mol. The Morgan fingerprint density at radius 3 is 2.40 bits per heavy atom. The van der Waals surface area contributed by atoms with Gasteiger partial charge >= 0.3 is 5.97 Å². The maximum atomic E-state index is 12.8. The Hall–Kier alpha value is -3.67. The molecular formula is C29H34N2O4. The number of fused-ring (bicyclic) bond motifs is 1. The molecule has 0 saturated heterocycles. The first-order chi connectivity index (χ1) is 17.1. The van der Waals surface area contributed by atoms with Gasteiger partial charge in [-0.2, -0.15) is 5.10 Å². The van der Waals surface area contributed by atoms with Crippen LogP contribution in [0.1, 0.15) is 74.7 Å². The van der Waals surface area contributed by atoms with Gasteiger partial charge in [0.25, 0.3) is 0 Å². The minimum Gasteiger partial charge on any atom is -0.494 e. The topological polar surface area (TPSA) is 77.0 Å². The molecule has 0 unspecified atom stereocenters. The van der Waals surface area contributed by atoms with E-state index in [-0.39, 0.29) is 5.91 Å².